The summed E-state index contributed by atoms with van der Waals surface area (Å²) < 4.78 is 0. The second kappa shape index (κ2) is 4.77. The first-order valence-electron chi connectivity index (χ1n) is 9.11. The Morgan fingerprint density at radius 2 is 1.82 bits per heavy atom. The molecule has 0 spiro atoms. The van der Waals surface area contributed by atoms with Gasteiger partial charge in [-0.05, 0) is 67.3 Å². The van der Waals surface area contributed by atoms with Gasteiger partial charge in [-0.1, -0.05) is 31.2 Å². The summed E-state index contributed by atoms with van der Waals surface area (Å²) in [5, 5.41) is 6.94. The molecule has 0 saturated heterocycles. The smallest absolute Gasteiger partial charge is 0.0395 e. The summed E-state index contributed by atoms with van der Waals surface area (Å²) in [6.45, 7) is 3.45. The molecule has 118 valence electrons. The van der Waals surface area contributed by atoms with E-state index in [1.54, 1.807) is 0 Å². The molecular formula is C20H27NS. The molecular weight excluding hydrogens is 286 g/mol. The number of hydrogen-bond acceptors (Lipinski definition) is 2. The van der Waals surface area contributed by atoms with E-state index in [-0.39, 0.29) is 5.41 Å². The third kappa shape index (κ3) is 2.17. The minimum atomic E-state index is 0.248. The number of hydrogen-bond donors (Lipinski definition) is 1. The SMILES string of the molecule is CC12C=CSC1C=CC(CNC13CC4CC(CC(C4)C1)C3)=C2. The lowest BCUT2D eigenvalue weighted by Crippen LogP contribution is -2.58. The second-order valence-corrected chi connectivity index (χ2v) is 9.91. The number of rotatable bonds is 3. The fourth-order valence-corrected chi connectivity index (χ4v) is 7.43. The Morgan fingerprint density at radius 3 is 2.50 bits per heavy atom. The molecule has 1 N–H and O–H groups in total. The van der Waals surface area contributed by atoms with Gasteiger partial charge < -0.3 is 5.32 Å². The predicted octanol–water partition coefficient (Wildman–Crippen LogP) is 4.68. The second-order valence-electron chi connectivity index (χ2n) is 8.86. The number of allylic oxidation sites excluding steroid dienone is 2. The quantitative estimate of drug-likeness (QED) is 0.812. The van der Waals surface area contributed by atoms with Gasteiger partial charge in [0.05, 0.1) is 0 Å². The maximum absolute atomic E-state index is 4.04. The number of thioether (sulfide) groups is 1. The van der Waals surface area contributed by atoms with Crippen molar-refractivity contribution in [2.75, 3.05) is 6.54 Å². The highest BCUT2D eigenvalue weighted by Crippen LogP contribution is 2.55. The van der Waals surface area contributed by atoms with Gasteiger partial charge in [0, 0.05) is 22.7 Å². The third-order valence-corrected chi connectivity index (χ3v) is 8.20. The third-order valence-electron chi connectivity index (χ3n) is 6.95. The van der Waals surface area contributed by atoms with Crippen LogP contribution in [0.1, 0.15) is 45.4 Å². The molecule has 1 aliphatic heterocycles. The summed E-state index contributed by atoms with van der Waals surface area (Å²) >= 11 is 1.96. The van der Waals surface area contributed by atoms with Gasteiger partial charge >= 0.3 is 0 Å². The highest BCUT2D eigenvalue weighted by molar-refractivity contribution is 8.03. The normalized spacial score (nSPS) is 51.2. The highest BCUT2D eigenvalue weighted by atomic mass is 32.2. The van der Waals surface area contributed by atoms with Gasteiger partial charge in [-0.2, -0.15) is 0 Å². The van der Waals surface area contributed by atoms with E-state index in [2.05, 4.69) is 42.0 Å². The zero-order valence-corrected chi connectivity index (χ0v) is 14.4. The molecule has 0 aromatic carbocycles. The largest absolute Gasteiger partial charge is 0.307 e. The molecule has 2 atom stereocenters. The Kier molecular flexibility index (Phi) is 3.02. The molecule has 5 aliphatic carbocycles. The van der Waals surface area contributed by atoms with E-state index < -0.39 is 0 Å². The summed E-state index contributed by atoms with van der Waals surface area (Å²) in [7, 11) is 0. The lowest BCUT2D eigenvalue weighted by atomic mass is 9.53. The van der Waals surface area contributed by atoms with Crippen molar-refractivity contribution < 1.29 is 0 Å². The first kappa shape index (κ1) is 13.9. The molecule has 0 amide bonds. The summed E-state index contributed by atoms with van der Waals surface area (Å²) in [5.41, 5.74) is 2.24. The van der Waals surface area contributed by atoms with Crippen molar-refractivity contribution in [3.05, 3.63) is 35.3 Å². The number of nitrogens with one attached hydrogen (secondary N) is 1. The monoisotopic (exact) mass is 313 g/mol. The first-order valence-corrected chi connectivity index (χ1v) is 10.0. The summed E-state index contributed by atoms with van der Waals surface area (Å²) in [4.78, 5) is 0. The summed E-state index contributed by atoms with van der Waals surface area (Å²) in [5.74, 6) is 3.10. The lowest BCUT2D eigenvalue weighted by molar-refractivity contribution is -0.0181. The molecule has 2 unspecified atom stereocenters. The maximum Gasteiger partial charge on any atom is 0.0395 e. The van der Waals surface area contributed by atoms with Crippen LogP contribution in [0.4, 0.5) is 0 Å². The van der Waals surface area contributed by atoms with Crippen molar-refractivity contribution in [2.24, 2.45) is 23.2 Å². The van der Waals surface area contributed by atoms with Crippen LogP contribution in [0.3, 0.4) is 0 Å². The molecule has 0 aromatic rings. The van der Waals surface area contributed by atoms with E-state index in [9.17, 15) is 0 Å². The molecule has 0 aromatic heterocycles. The van der Waals surface area contributed by atoms with Crippen LogP contribution >= 0.6 is 11.8 Å². The average Bonchev–Trinajstić information content (AvgIpc) is 2.84. The lowest BCUT2D eigenvalue weighted by Gasteiger charge is -2.57. The standard InChI is InChI=1S/C20H27NS/c1-19-4-5-22-18(19)3-2-14(9-19)13-21-20-10-15-6-16(11-20)8-17(7-15)12-20/h2-5,9,15-18,21H,6-8,10-13H2,1H3. The Bertz CT molecular complexity index is 537. The fourth-order valence-electron chi connectivity index (χ4n) is 6.28. The van der Waals surface area contributed by atoms with Crippen molar-refractivity contribution in [3.63, 3.8) is 0 Å². The highest BCUT2D eigenvalue weighted by Gasteiger charge is 2.50. The summed E-state index contributed by atoms with van der Waals surface area (Å²) in [6.07, 6.45) is 18.6. The van der Waals surface area contributed by atoms with Crippen molar-refractivity contribution in [1.82, 2.24) is 5.32 Å². The Morgan fingerprint density at radius 1 is 1.14 bits per heavy atom. The van der Waals surface area contributed by atoms with Gasteiger partial charge in [0.25, 0.3) is 0 Å². The maximum atomic E-state index is 4.04. The minimum absolute atomic E-state index is 0.248. The minimum Gasteiger partial charge on any atom is -0.307 e. The van der Waals surface area contributed by atoms with Crippen LogP contribution in [0.5, 0.6) is 0 Å². The van der Waals surface area contributed by atoms with Crippen LogP contribution in [0.25, 0.3) is 0 Å². The van der Waals surface area contributed by atoms with Crippen LogP contribution in [-0.4, -0.2) is 17.3 Å². The van der Waals surface area contributed by atoms with Gasteiger partial charge in [-0.15, -0.1) is 11.8 Å². The number of fused-ring (bicyclic) bond motifs is 1. The van der Waals surface area contributed by atoms with Crippen molar-refractivity contribution in [3.8, 4) is 0 Å². The van der Waals surface area contributed by atoms with Crippen LogP contribution < -0.4 is 5.32 Å². The van der Waals surface area contributed by atoms with E-state index >= 15 is 0 Å². The van der Waals surface area contributed by atoms with E-state index in [0.717, 1.165) is 24.3 Å². The van der Waals surface area contributed by atoms with Crippen LogP contribution in [-0.2, 0) is 0 Å². The molecule has 4 bridgehead atoms. The van der Waals surface area contributed by atoms with Crippen molar-refractivity contribution in [1.29, 1.82) is 0 Å². The van der Waals surface area contributed by atoms with Crippen LogP contribution in [0.15, 0.2) is 35.3 Å². The molecule has 6 aliphatic rings. The van der Waals surface area contributed by atoms with Crippen molar-refractivity contribution >= 4 is 11.8 Å². The van der Waals surface area contributed by atoms with Crippen molar-refractivity contribution in [2.45, 2.75) is 56.2 Å². The molecule has 1 nitrogen and oxygen atoms in total. The van der Waals surface area contributed by atoms with E-state index in [1.165, 1.54) is 44.1 Å². The molecule has 4 saturated carbocycles. The molecule has 4 fully saturated rings. The van der Waals surface area contributed by atoms with Gasteiger partial charge in [0.2, 0.25) is 0 Å². The van der Waals surface area contributed by atoms with Gasteiger partial charge in [0.15, 0.2) is 0 Å². The summed E-state index contributed by atoms with van der Waals surface area (Å²) in [6, 6.07) is 0. The first-order chi connectivity index (χ1) is 10.6. The Labute approximate surface area is 138 Å². The van der Waals surface area contributed by atoms with Gasteiger partial charge in [0.1, 0.15) is 0 Å². The molecule has 6 rings (SSSR count). The fraction of sp³-hybridized carbons (Fsp3) is 0.700. The molecule has 0 radical (unpaired) electrons. The molecule has 22 heavy (non-hydrogen) atoms. The van der Waals surface area contributed by atoms with E-state index in [4.69, 9.17) is 0 Å². The molecule has 1 heterocycles. The Balaban J connectivity index is 1.31. The average molecular weight is 314 g/mol. The van der Waals surface area contributed by atoms with Gasteiger partial charge in [-0.3, -0.25) is 0 Å². The topological polar surface area (TPSA) is 12.0 Å². The van der Waals surface area contributed by atoms with Crippen LogP contribution in [0, 0.1) is 23.2 Å². The van der Waals surface area contributed by atoms with E-state index in [0.29, 0.717) is 10.8 Å². The van der Waals surface area contributed by atoms with Crippen LogP contribution in [0.2, 0.25) is 0 Å². The predicted molar refractivity (Wildman–Crippen MR) is 94.8 cm³/mol. The van der Waals surface area contributed by atoms with Gasteiger partial charge in [-0.25, -0.2) is 0 Å². The van der Waals surface area contributed by atoms with E-state index in [1.807, 2.05) is 11.8 Å². The molecule has 2 heteroatoms. The Hall–Kier alpha value is -0.470. The zero-order chi connectivity index (χ0) is 14.8. The zero-order valence-electron chi connectivity index (χ0n) is 13.6.